The maximum absolute atomic E-state index is 11.0. The number of benzene rings is 2. The second-order valence-corrected chi connectivity index (χ2v) is 14.6. The minimum Gasteiger partial charge on any atom is -0.412 e. The van der Waals surface area contributed by atoms with Crippen molar-refractivity contribution in [1.82, 2.24) is 19.8 Å². The molecule has 6 aliphatic rings. The van der Waals surface area contributed by atoms with Crippen molar-refractivity contribution in [2.24, 2.45) is 23.7 Å². The first-order valence-corrected chi connectivity index (χ1v) is 18.4. The zero-order valence-electron chi connectivity index (χ0n) is 28.6. The molecular formula is C38H50N4O8S. The molecule has 4 aromatic rings. The van der Waals surface area contributed by atoms with Gasteiger partial charge in [-0.3, -0.25) is 28.9 Å². The number of aliphatic hydroxyl groups excluding tert-OH is 2. The Labute approximate surface area is 299 Å². The summed E-state index contributed by atoms with van der Waals surface area (Å²) in [6.45, 7) is 12.2. The van der Waals surface area contributed by atoms with Crippen molar-refractivity contribution < 1.29 is 38.7 Å². The molecule has 2 aromatic carbocycles. The topological polar surface area (TPSA) is 210 Å². The van der Waals surface area contributed by atoms with E-state index >= 15 is 0 Å². The molecule has 6 fully saturated rings. The molecule has 0 amide bonds. The molecule has 2 unspecified atom stereocenters. The third-order valence-electron chi connectivity index (χ3n) is 11.0. The molecule has 12 nitrogen and oxygen atoms in total. The lowest BCUT2D eigenvalue weighted by atomic mass is 9.73. The highest BCUT2D eigenvalue weighted by atomic mass is 32.3. The van der Waals surface area contributed by atoms with Gasteiger partial charge in [0.1, 0.15) is 0 Å². The Kier molecular flexibility index (Phi) is 13.6. The molecule has 0 radical (unpaired) electrons. The first kappa shape index (κ1) is 40.1. The SMILES string of the molecule is C=C[C@H]1CN2CC[C@H]1C[C@@H]2[C@@H](O)c1ccnc2ccccc12.C=C[C@H]1CN2CC[C@H]1C[C@@H]2[C@@H](O)c1ccnc2ccccc12.O.O.O=S(=O)(O)O. The van der Waals surface area contributed by atoms with Crippen LogP contribution in [0, 0.1) is 23.7 Å². The van der Waals surface area contributed by atoms with Crippen LogP contribution in [0.15, 0.2) is 98.4 Å². The van der Waals surface area contributed by atoms with Gasteiger partial charge in [-0.05, 0) is 97.8 Å². The molecule has 10 atom stereocenters. The lowest BCUT2D eigenvalue weighted by molar-refractivity contribution is -0.0445. The summed E-state index contributed by atoms with van der Waals surface area (Å²) < 4.78 is 31.6. The van der Waals surface area contributed by atoms with Crippen molar-refractivity contribution in [2.45, 2.75) is 50.0 Å². The quantitative estimate of drug-likeness (QED) is 0.166. The van der Waals surface area contributed by atoms with Crippen LogP contribution < -0.4 is 0 Å². The van der Waals surface area contributed by atoms with E-state index in [9.17, 15) is 10.2 Å². The summed E-state index contributed by atoms with van der Waals surface area (Å²) in [4.78, 5) is 13.7. The number of aromatic nitrogens is 2. The van der Waals surface area contributed by atoms with Gasteiger partial charge in [-0.25, -0.2) is 0 Å². The Morgan fingerprint density at radius 1 is 0.686 bits per heavy atom. The molecule has 276 valence electrons. The van der Waals surface area contributed by atoms with Crippen molar-refractivity contribution >= 4 is 32.2 Å². The second-order valence-electron chi connectivity index (χ2n) is 13.7. The number of pyridine rings is 2. The highest BCUT2D eigenvalue weighted by Crippen LogP contribution is 2.43. The minimum atomic E-state index is -4.67. The third-order valence-corrected chi connectivity index (χ3v) is 11.0. The van der Waals surface area contributed by atoms with Crippen molar-refractivity contribution in [3.05, 3.63) is 109 Å². The molecule has 51 heavy (non-hydrogen) atoms. The van der Waals surface area contributed by atoms with Crippen LogP contribution >= 0.6 is 0 Å². The minimum absolute atomic E-state index is 0. The highest BCUT2D eigenvalue weighted by Gasteiger charge is 2.43. The van der Waals surface area contributed by atoms with E-state index in [2.05, 4.69) is 57.2 Å². The maximum Gasteiger partial charge on any atom is 0.394 e. The highest BCUT2D eigenvalue weighted by molar-refractivity contribution is 7.79. The summed E-state index contributed by atoms with van der Waals surface area (Å²) in [5, 5.41) is 24.2. The number of para-hydroxylation sites is 2. The Bertz CT molecular complexity index is 1750. The Balaban J connectivity index is 0.000000196. The predicted octanol–water partition coefficient (Wildman–Crippen LogP) is 4.03. The van der Waals surface area contributed by atoms with Crippen LogP contribution in [0.4, 0.5) is 0 Å². The average molecular weight is 723 g/mol. The van der Waals surface area contributed by atoms with E-state index in [0.717, 1.165) is 72.0 Å². The molecule has 6 aliphatic heterocycles. The number of piperidine rings is 6. The number of aliphatic hydroxyl groups is 2. The average Bonchev–Trinajstić information content (AvgIpc) is 3.13. The summed E-state index contributed by atoms with van der Waals surface area (Å²) in [7, 11) is -4.67. The normalized spacial score (nSPS) is 28.8. The van der Waals surface area contributed by atoms with Gasteiger partial charge in [0, 0.05) is 48.3 Å². The number of hydrogen-bond donors (Lipinski definition) is 4. The molecule has 0 aliphatic carbocycles. The van der Waals surface area contributed by atoms with Crippen molar-refractivity contribution in [3.8, 4) is 0 Å². The Morgan fingerprint density at radius 3 is 1.39 bits per heavy atom. The fourth-order valence-electron chi connectivity index (χ4n) is 8.58. The number of rotatable bonds is 6. The van der Waals surface area contributed by atoms with Gasteiger partial charge in [-0.2, -0.15) is 8.42 Å². The largest absolute Gasteiger partial charge is 0.412 e. The van der Waals surface area contributed by atoms with E-state index in [1.165, 1.54) is 12.8 Å². The summed E-state index contributed by atoms with van der Waals surface area (Å²) in [6.07, 6.45) is 11.5. The molecule has 8 N–H and O–H groups in total. The summed E-state index contributed by atoms with van der Waals surface area (Å²) in [5.74, 6) is 2.53. The fraction of sp³-hybridized carbons (Fsp3) is 0.421. The van der Waals surface area contributed by atoms with Crippen molar-refractivity contribution in [1.29, 1.82) is 0 Å². The standard InChI is InChI=1S/2C19H22N2O.H2O4S.2H2O/c2*1-2-13-12-21-10-8-14(13)11-18(21)19(22)16-7-9-20-17-6-4-3-5-15(16)17;1-5(2,3)4;;/h2*2-7,9,13-14,18-19,22H,1,8,10-12H2;(H2,1,2,3,4);2*1H2/t2*13-,14-,18+,19-;;;/m00.../s1. The van der Waals surface area contributed by atoms with Crippen LogP contribution in [0.1, 0.15) is 49.0 Å². The van der Waals surface area contributed by atoms with E-state index in [1.54, 1.807) is 0 Å². The third kappa shape index (κ3) is 9.06. The van der Waals surface area contributed by atoms with E-state index in [-0.39, 0.29) is 23.0 Å². The maximum atomic E-state index is 11.0. The number of nitrogens with zero attached hydrogens (tertiary/aromatic N) is 4. The van der Waals surface area contributed by atoms with Gasteiger partial charge in [-0.15, -0.1) is 13.2 Å². The summed E-state index contributed by atoms with van der Waals surface area (Å²) >= 11 is 0. The first-order chi connectivity index (χ1) is 23.6. The first-order valence-electron chi connectivity index (χ1n) is 17.0. The molecule has 13 heteroatoms. The van der Waals surface area contributed by atoms with Gasteiger partial charge in [0.15, 0.2) is 0 Å². The number of hydrogen-bond acceptors (Lipinski definition) is 8. The lowest BCUT2D eigenvalue weighted by Crippen LogP contribution is -2.54. The van der Waals surface area contributed by atoms with Gasteiger partial charge < -0.3 is 21.2 Å². The van der Waals surface area contributed by atoms with Crippen LogP contribution in [-0.2, 0) is 10.4 Å². The zero-order chi connectivity index (χ0) is 34.7. The van der Waals surface area contributed by atoms with Crippen molar-refractivity contribution in [3.63, 3.8) is 0 Å². The van der Waals surface area contributed by atoms with E-state index < -0.39 is 22.6 Å². The fourth-order valence-corrected chi connectivity index (χ4v) is 8.58. The molecule has 4 bridgehead atoms. The van der Waals surface area contributed by atoms with Crippen LogP contribution in [-0.4, -0.2) is 96.7 Å². The van der Waals surface area contributed by atoms with Gasteiger partial charge in [-0.1, -0.05) is 48.6 Å². The van der Waals surface area contributed by atoms with Gasteiger partial charge >= 0.3 is 10.4 Å². The summed E-state index contributed by atoms with van der Waals surface area (Å²) in [6, 6.07) is 20.5. The monoisotopic (exact) mass is 722 g/mol. The molecule has 10 rings (SSSR count). The Morgan fingerprint density at radius 2 is 1.06 bits per heavy atom. The number of fused-ring (bicyclic) bond motifs is 8. The zero-order valence-corrected chi connectivity index (χ0v) is 29.4. The molecular weight excluding hydrogens is 673 g/mol. The van der Waals surface area contributed by atoms with Crippen LogP contribution in [0.3, 0.4) is 0 Å². The van der Waals surface area contributed by atoms with Crippen LogP contribution in [0.5, 0.6) is 0 Å². The van der Waals surface area contributed by atoms with E-state index in [4.69, 9.17) is 17.5 Å². The predicted molar refractivity (Wildman–Crippen MR) is 198 cm³/mol. The van der Waals surface area contributed by atoms with E-state index in [0.29, 0.717) is 23.7 Å². The smallest absolute Gasteiger partial charge is 0.394 e. The van der Waals surface area contributed by atoms with E-state index in [1.807, 2.05) is 60.9 Å². The molecule has 6 saturated heterocycles. The summed E-state index contributed by atoms with van der Waals surface area (Å²) in [5.41, 5.74) is 3.94. The Hall–Kier alpha value is -3.63. The van der Waals surface area contributed by atoms with Crippen molar-refractivity contribution in [2.75, 3.05) is 26.2 Å². The van der Waals surface area contributed by atoms with Crippen LogP contribution in [0.2, 0.25) is 0 Å². The lowest BCUT2D eigenvalue weighted by Gasteiger charge is -2.50. The van der Waals surface area contributed by atoms with Crippen LogP contribution in [0.25, 0.3) is 21.8 Å². The molecule has 8 heterocycles. The molecule has 0 spiro atoms. The molecule has 2 aromatic heterocycles. The second kappa shape index (κ2) is 17.3. The van der Waals surface area contributed by atoms with Gasteiger partial charge in [0.25, 0.3) is 0 Å². The van der Waals surface area contributed by atoms with Gasteiger partial charge in [0.05, 0.1) is 23.2 Å². The molecule has 0 saturated carbocycles. The van der Waals surface area contributed by atoms with Gasteiger partial charge in [0.2, 0.25) is 0 Å².